The maximum Gasteiger partial charge on any atom is 0.178 e. The molecule has 3 aromatic rings. The highest BCUT2D eigenvalue weighted by Crippen LogP contribution is 2.26. The number of nitrogens with zero attached hydrogens (tertiary/aromatic N) is 2. The van der Waals surface area contributed by atoms with Gasteiger partial charge in [0.25, 0.3) is 0 Å². The summed E-state index contributed by atoms with van der Waals surface area (Å²) in [6.07, 6.45) is 1.39. The van der Waals surface area contributed by atoms with Crippen molar-refractivity contribution in [2.45, 2.75) is 11.8 Å². The van der Waals surface area contributed by atoms with E-state index in [0.717, 1.165) is 0 Å². The number of nitrogens with one attached hydrogen (secondary N) is 2. The smallest absolute Gasteiger partial charge is 0.178 e. The average molecular weight is 423 g/mol. The summed E-state index contributed by atoms with van der Waals surface area (Å²) in [6, 6.07) is 13.4. The lowest BCUT2D eigenvalue weighted by atomic mass is 10.3. The van der Waals surface area contributed by atoms with E-state index in [2.05, 4.69) is 20.6 Å². The molecule has 2 aromatic carbocycles. The average Bonchev–Trinajstić information content (AvgIpc) is 2.61. The van der Waals surface area contributed by atoms with Crippen LogP contribution in [0.2, 0.25) is 10.0 Å². The van der Waals surface area contributed by atoms with Crippen LogP contribution in [0.1, 0.15) is 6.92 Å². The van der Waals surface area contributed by atoms with Crippen molar-refractivity contribution in [2.24, 2.45) is 0 Å². The molecule has 0 fully saturated rings. The molecule has 1 aromatic heterocycles. The Morgan fingerprint density at radius 3 is 2.15 bits per heavy atom. The van der Waals surface area contributed by atoms with Crippen molar-refractivity contribution in [3.8, 4) is 0 Å². The first kappa shape index (κ1) is 19.4. The third-order valence-corrected chi connectivity index (χ3v) is 5.82. The van der Waals surface area contributed by atoms with Crippen LogP contribution in [-0.4, -0.2) is 24.1 Å². The minimum atomic E-state index is -3.28. The molecule has 0 bridgehead atoms. The first-order valence-corrected chi connectivity index (χ1v) is 10.4. The summed E-state index contributed by atoms with van der Waals surface area (Å²) >= 11 is 12.0. The maximum absolute atomic E-state index is 12.0. The third kappa shape index (κ3) is 5.09. The molecule has 0 aliphatic heterocycles. The molecular weight excluding hydrogens is 407 g/mol. The Labute approximate surface area is 167 Å². The number of benzene rings is 2. The second-order valence-electron chi connectivity index (χ2n) is 5.63. The first-order valence-electron chi connectivity index (χ1n) is 8.01. The minimum absolute atomic E-state index is 0.0419. The zero-order chi connectivity index (χ0) is 19.4. The highest BCUT2D eigenvalue weighted by molar-refractivity contribution is 7.91. The Bertz CT molecular complexity index is 1050. The fraction of sp³-hybridized carbons (Fsp3) is 0.111. The molecule has 27 heavy (non-hydrogen) atoms. The van der Waals surface area contributed by atoms with Crippen molar-refractivity contribution in [3.63, 3.8) is 0 Å². The van der Waals surface area contributed by atoms with Crippen LogP contribution in [0.3, 0.4) is 0 Å². The number of rotatable bonds is 6. The lowest BCUT2D eigenvalue weighted by Gasteiger charge is -2.10. The van der Waals surface area contributed by atoms with E-state index in [9.17, 15) is 8.42 Å². The van der Waals surface area contributed by atoms with Crippen LogP contribution in [-0.2, 0) is 9.84 Å². The molecule has 0 aliphatic carbocycles. The quantitative estimate of drug-likeness (QED) is 0.576. The number of hydrogen-bond donors (Lipinski definition) is 2. The van der Waals surface area contributed by atoms with E-state index < -0.39 is 9.84 Å². The van der Waals surface area contributed by atoms with Gasteiger partial charge in [0.05, 0.1) is 10.6 Å². The largest absolute Gasteiger partial charge is 0.340 e. The molecule has 140 valence electrons. The Balaban J connectivity index is 1.81. The molecule has 1 heterocycles. The van der Waals surface area contributed by atoms with Crippen molar-refractivity contribution < 1.29 is 8.42 Å². The van der Waals surface area contributed by atoms with Gasteiger partial charge in [0.2, 0.25) is 0 Å². The SMILES string of the molecule is CCS(=O)(=O)c1cccc(Nc2cc(Nc3cc(Cl)cc(Cl)c3)ncn2)c1. The molecule has 0 saturated carbocycles. The van der Waals surface area contributed by atoms with Crippen LogP contribution >= 0.6 is 23.2 Å². The number of hydrogen-bond acceptors (Lipinski definition) is 6. The summed E-state index contributed by atoms with van der Waals surface area (Å²) in [4.78, 5) is 8.58. The van der Waals surface area contributed by atoms with Crippen molar-refractivity contribution in [1.29, 1.82) is 0 Å². The molecule has 0 unspecified atom stereocenters. The van der Waals surface area contributed by atoms with Gasteiger partial charge in [0.15, 0.2) is 9.84 Å². The van der Waals surface area contributed by atoms with Crippen molar-refractivity contribution in [2.75, 3.05) is 16.4 Å². The van der Waals surface area contributed by atoms with E-state index in [1.165, 1.54) is 6.33 Å². The lowest BCUT2D eigenvalue weighted by Crippen LogP contribution is -2.04. The zero-order valence-corrected chi connectivity index (χ0v) is 16.6. The monoisotopic (exact) mass is 422 g/mol. The number of anilines is 4. The van der Waals surface area contributed by atoms with Crippen LogP contribution in [0.15, 0.2) is 59.8 Å². The van der Waals surface area contributed by atoms with Crippen molar-refractivity contribution in [1.82, 2.24) is 9.97 Å². The van der Waals surface area contributed by atoms with Crippen molar-refractivity contribution >= 4 is 56.0 Å². The fourth-order valence-electron chi connectivity index (χ4n) is 2.35. The van der Waals surface area contributed by atoms with Gasteiger partial charge in [-0.2, -0.15) is 0 Å². The van der Waals surface area contributed by atoms with Gasteiger partial charge in [-0.15, -0.1) is 0 Å². The van der Waals surface area contributed by atoms with E-state index in [0.29, 0.717) is 33.1 Å². The van der Waals surface area contributed by atoms with E-state index in [1.54, 1.807) is 55.5 Å². The highest BCUT2D eigenvalue weighted by atomic mass is 35.5. The topological polar surface area (TPSA) is 84.0 Å². The summed E-state index contributed by atoms with van der Waals surface area (Å²) in [7, 11) is -3.28. The van der Waals surface area contributed by atoms with E-state index in [1.807, 2.05) is 0 Å². The van der Waals surface area contributed by atoms with Crippen LogP contribution in [0, 0.1) is 0 Å². The molecule has 0 saturated heterocycles. The summed E-state index contributed by atoms with van der Waals surface area (Å²) in [6.45, 7) is 1.61. The maximum atomic E-state index is 12.0. The van der Waals surface area contributed by atoms with Gasteiger partial charge in [-0.1, -0.05) is 36.2 Å². The normalized spacial score (nSPS) is 11.2. The molecule has 0 atom stereocenters. The highest BCUT2D eigenvalue weighted by Gasteiger charge is 2.12. The lowest BCUT2D eigenvalue weighted by molar-refractivity contribution is 0.597. The molecule has 0 aliphatic rings. The van der Waals surface area contributed by atoms with Crippen LogP contribution < -0.4 is 10.6 Å². The minimum Gasteiger partial charge on any atom is -0.340 e. The Morgan fingerprint density at radius 1 is 0.889 bits per heavy atom. The molecule has 3 rings (SSSR count). The number of aromatic nitrogens is 2. The standard InChI is InChI=1S/C18H16Cl2N4O2S/c1-2-27(25,26)16-5-3-4-14(9-16)23-17-10-18(22-11-21-17)24-15-7-12(19)6-13(20)8-15/h3-11H,2H2,1H3,(H2,21,22,23,24). The van der Waals surface area contributed by atoms with E-state index >= 15 is 0 Å². The summed E-state index contributed by atoms with van der Waals surface area (Å²) in [5.74, 6) is 1.08. The molecular formula is C18H16Cl2N4O2S. The number of halogens is 2. The van der Waals surface area contributed by atoms with Crippen molar-refractivity contribution in [3.05, 3.63) is 64.9 Å². The predicted octanol–water partition coefficient (Wildman–Crippen LogP) is 5.06. The van der Waals surface area contributed by atoms with E-state index in [4.69, 9.17) is 23.2 Å². The molecule has 9 heteroatoms. The van der Waals surface area contributed by atoms with Crippen LogP contribution in [0.4, 0.5) is 23.0 Å². The van der Waals surface area contributed by atoms with Gasteiger partial charge in [0.1, 0.15) is 18.0 Å². The molecule has 2 N–H and O–H groups in total. The van der Waals surface area contributed by atoms with E-state index in [-0.39, 0.29) is 10.6 Å². The number of sulfone groups is 1. The van der Waals surface area contributed by atoms with Gasteiger partial charge in [-0.05, 0) is 36.4 Å². The van der Waals surface area contributed by atoms with Gasteiger partial charge < -0.3 is 10.6 Å². The molecule has 0 spiro atoms. The summed E-state index contributed by atoms with van der Waals surface area (Å²) < 4.78 is 24.1. The fourth-order valence-corrected chi connectivity index (χ4v) is 3.80. The van der Waals surface area contributed by atoms with Gasteiger partial charge in [-0.3, -0.25) is 0 Å². The second-order valence-corrected chi connectivity index (χ2v) is 8.78. The van der Waals surface area contributed by atoms with Crippen LogP contribution in [0.25, 0.3) is 0 Å². The van der Waals surface area contributed by atoms with Gasteiger partial charge in [-0.25, -0.2) is 18.4 Å². The van der Waals surface area contributed by atoms with Gasteiger partial charge in [0, 0.05) is 27.5 Å². The van der Waals surface area contributed by atoms with Crippen LogP contribution in [0.5, 0.6) is 0 Å². The second kappa shape index (κ2) is 8.12. The molecule has 0 amide bonds. The third-order valence-electron chi connectivity index (χ3n) is 3.65. The summed E-state index contributed by atoms with van der Waals surface area (Å²) in [5, 5.41) is 7.19. The zero-order valence-electron chi connectivity index (χ0n) is 14.3. The molecule has 6 nitrogen and oxygen atoms in total. The Hall–Kier alpha value is -2.35. The Kier molecular flexibility index (Phi) is 5.84. The first-order chi connectivity index (χ1) is 12.9. The molecule has 0 radical (unpaired) electrons. The predicted molar refractivity (Wildman–Crippen MR) is 109 cm³/mol. The van der Waals surface area contributed by atoms with Gasteiger partial charge >= 0.3 is 0 Å². The Morgan fingerprint density at radius 2 is 1.52 bits per heavy atom. The summed E-state index contributed by atoms with van der Waals surface area (Å²) in [5.41, 5.74) is 1.30.